The quantitative estimate of drug-likeness (QED) is 0.578. The number of ketones is 1. The van der Waals surface area contributed by atoms with Crippen LogP contribution in [0, 0.1) is 0 Å². The lowest BCUT2D eigenvalue weighted by Crippen LogP contribution is -2.26. The van der Waals surface area contributed by atoms with E-state index in [1.54, 1.807) is 47.1 Å². The zero-order valence-corrected chi connectivity index (χ0v) is 15.8. The zero-order valence-electron chi connectivity index (χ0n) is 15.0. The second-order valence-electron chi connectivity index (χ2n) is 6.31. The van der Waals surface area contributed by atoms with Gasteiger partial charge in [-0.2, -0.15) is 5.10 Å². The average molecular weight is 382 g/mol. The van der Waals surface area contributed by atoms with Crippen LogP contribution in [0.5, 0.6) is 0 Å². The highest BCUT2D eigenvalue weighted by atomic mass is 35.5. The summed E-state index contributed by atoms with van der Waals surface area (Å²) in [7, 11) is 1.73. The molecule has 5 nitrogen and oxygen atoms in total. The molecule has 3 aromatic rings. The molecule has 0 unspecified atom stereocenters. The fourth-order valence-corrected chi connectivity index (χ4v) is 2.84. The summed E-state index contributed by atoms with van der Waals surface area (Å²) in [6.07, 6.45) is 3.99. The van der Waals surface area contributed by atoms with Gasteiger partial charge in [0, 0.05) is 48.8 Å². The van der Waals surface area contributed by atoms with Crippen molar-refractivity contribution in [2.75, 3.05) is 7.05 Å². The second-order valence-corrected chi connectivity index (χ2v) is 6.75. The molecule has 3 rings (SSSR count). The van der Waals surface area contributed by atoms with Gasteiger partial charge in [-0.05, 0) is 36.4 Å². The van der Waals surface area contributed by atoms with Gasteiger partial charge in [0.15, 0.2) is 5.78 Å². The van der Waals surface area contributed by atoms with E-state index in [4.69, 9.17) is 11.6 Å². The number of para-hydroxylation sites is 1. The molecule has 0 aliphatic rings. The van der Waals surface area contributed by atoms with Crippen LogP contribution in [0.2, 0.25) is 5.02 Å². The summed E-state index contributed by atoms with van der Waals surface area (Å²) >= 11 is 5.82. The number of amides is 1. The summed E-state index contributed by atoms with van der Waals surface area (Å²) in [4.78, 5) is 26.1. The van der Waals surface area contributed by atoms with Gasteiger partial charge in [-0.25, -0.2) is 4.68 Å². The number of hydrogen-bond acceptors (Lipinski definition) is 3. The lowest BCUT2D eigenvalue weighted by molar-refractivity contribution is -0.130. The highest BCUT2D eigenvalue weighted by Gasteiger charge is 2.14. The van der Waals surface area contributed by atoms with E-state index in [2.05, 4.69) is 5.10 Å². The second kappa shape index (κ2) is 8.64. The Morgan fingerprint density at radius 2 is 1.74 bits per heavy atom. The number of aromatic nitrogens is 2. The Morgan fingerprint density at radius 1 is 1.04 bits per heavy atom. The van der Waals surface area contributed by atoms with Crippen LogP contribution in [0.4, 0.5) is 0 Å². The van der Waals surface area contributed by atoms with Crippen molar-refractivity contribution in [1.29, 1.82) is 0 Å². The van der Waals surface area contributed by atoms with E-state index in [0.29, 0.717) is 17.1 Å². The molecule has 0 spiro atoms. The Bertz CT molecular complexity index is 920. The summed E-state index contributed by atoms with van der Waals surface area (Å²) in [6.45, 7) is 0.445. The smallest absolute Gasteiger partial charge is 0.223 e. The number of Topliss-reactive ketones (excluding diaryl/α,β-unsaturated/α-hetero) is 1. The third-order valence-corrected chi connectivity index (χ3v) is 4.49. The number of benzene rings is 2. The normalized spacial score (nSPS) is 10.6. The van der Waals surface area contributed by atoms with Gasteiger partial charge in [-0.3, -0.25) is 9.59 Å². The van der Waals surface area contributed by atoms with E-state index in [0.717, 1.165) is 11.3 Å². The maximum absolute atomic E-state index is 12.3. The highest BCUT2D eigenvalue weighted by Crippen LogP contribution is 2.13. The van der Waals surface area contributed by atoms with Crippen LogP contribution >= 0.6 is 11.6 Å². The predicted octanol–water partition coefficient (Wildman–Crippen LogP) is 4.15. The molecular formula is C21H20ClN3O2. The summed E-state index contributed by atoms with van der Waals surface area (Å²) < 4.78 is 1.78. The fourth-order valence-electron chi connectivity index (χ4n) is 2.72. The molecule has 138 valence electrons. The maximum atomic E-state index is 12.3. The van der Waals surface area contributed by atoms with Crippen molar-refractivity contribution in [2.24, 2.45) is 0 Å². The van der Waals surface area contributed by atoms with Gasteiger partial charge in [-0.1, -0.05) is 29.8 Å². The Morgan fingerprint density at radius 3 is 2.44 bits per heavy atom. The molecule has 1 heterocycles. The Labute approximate surface area is 163 Å². The third-order valence-electron chi connectivity index (χ3n) is 4.23. The van der Waals surface area contributed by atoms with Crippen molar-refractivity contribution in [3.63, 3.8) is 0 Å². The average Bonchev–Trinajstić information content (AvgIpc) is 3.15. The number of nitrogens with zero attached hydrogens (tertiary/aromatic N) is 3. The number of carbonyl (C=O) groups is 2. The minimum Gasteiger partial charge on any atom is -0.341 e. The largest absolute Gasteiger partial charge is 0.341 e. The van der Waals surface area contributed by atoms with Crippen molar-refractivity contribution >= 4 is 23.3 Å². The van der Waals surface area contributed by atoms with Crippen LogP contribution in [0.3, 0.4) is 0 Å². The first kappa shape index (κ1) is 18.9. The first-order chi connectivity index (χ1) is 13.0. The minimum atomic E-state index is -0.0789. The Kier molecular flexibility index (Phi) is 6.04. The summed E-state index contributed by atoms with van der Waals surface area (Å²) in [5, 5.41) is 4.92. The molecule has 0 fully saturated rings. The molecule has 6 heteroatoms. The molecule has 1 aromatic heterocycles. The lowest BCUT2D eigenvalue weighted by Gasteiger charge is -2.16. The molecule has 0 saturated carbocycles. The van der Waals surface area contributed by atoms with Crippen molar-refractivity contribution in [2.45, 2.75) is 19.4 Å². The number of halogens is 1. The van der Waals surface area contributed by atoms with Gasteiger partial charge in [-0.15, -0.1) is 0 Å². The topological polar surface area (TPSA) is 55.2 Å². The monoisotopic (exact) mass is 381 g/mol. The van der Waals surface area contributed by atoms with Crippen LogP contribution in [0.1, 0.15) is 28.8 Å². The number of hydrogen-bond donors (Lipinski definition) is 0. The Hall–Kier alpha value is -2.92. The van der Waals surface area contributed by atoms with Gasteiger partial charge >= 0.3 is 0 Å². The molecule has 0 atom stereocenters. The molecule has 27 heavy (non-hydrogen) atoms. The van der Waals surface area contributed by atoms with E-state index in [1.807, 2.05) is 36.5 Å². The lowest BCUT2D eigenvalue weighted by atomic mass is 10.1. The molecule has 0 aliphatic carbocycles. The summed E-state index contributed by atoms with van der Waals surface area (Å²) in [5.74, 6) is -0.143. The first-order valence-corrected chi connectivity index (χ1v) is 9.02. The molecule has 0 bridgehead atoms. The molecule has 0 saturated heterocycles. The van der Waals surface area contributed by atoms with Gasteiger partial charge in [0.1, 0.15) is 0 Å². The van der Waals surface area contributed by atoms with E-state index in [1.165, 1.54) is 0 Å². The number of carbonyl (C=O) groups excluding carboxylic acids is 2. The van der Waals surface area contributed by atoms with E-state index >= 15 is 0 Å². The van der Waals surface area contributed by atoms with Gasteiger partial charge < -0.3 is 4.90 Å². The predicted molar refractivity (Wildman–Crippen MR) is 105 cm³/mol. The van der Waals surface area contributed by atoms with Crippen molar-refractivity contribution in [1.82, 2.24) is 14.7 Å². The summed E-state index contributed by atoms with van der Waals surface area (Å²) in [6, 6.07) is 16.5. The highest BCUT2D eigenvalue weighted by molar-refractivity contribution is 6.30. The standard InChI is InChI=1S/C21H20ClN3O2/c1-24(14-16-13-23-25(15-16)19-5-3-2-4-6-19)21(27)12-11-20(26)17-7-9-18(22)10-8-17/h2-10,13,15H,11-12,14H2,1H3. The van der Waals surface area contributed by atoms with Crippen molar-refractivity contribution in [3.05, 3.63) is 83.1 Å². The minimum absolute atomic E-state index is 0.0645. The van der Waals surface area contributed by atoms with Crippen LogP contribution < -0.4 is 0 Å². The molecule has 1 amide bonds. The molecule has 0 N–H and O–H groups in total. The van der Waals surface area contributed by atoms with Crippen molar-refractivity contribution < 1.29 is 9.59 Å². The van der Waals surface area contributed by atoms with Crippen LogP contribution in [0.15, 0.2) is 67.0 Å². The third kappa shape index (κ3) is 5.05. The molecule has 0 aliphatic heterocycles. The Balaban J connectivity index is 1.53. The van der Waals surface area contributed by atoms with Gasteiger partial charge in [0.05, 0.1) is 11.9 Å². The zero-order chi connectivity index (χ0) is 19.2. The van der Waals surface area contributed by atoms with E-state index in [9.17, 15) is 9.59 Å². The molecular weight excluding hydrogens is 362 g/mol. The van der Waals surface area contributed by atoms with Crippen LogP contribution in [-0.4, -0.2) is 33.4 Å². The first-order valence-electron chi connectivity index (χ1n) is 8.64. The van der Waals surface area contributed by atoms with E-state index in [-0.39, 0.29) is 24.5 Å². The molecule has 2 aromatic carbocycles. The van der Waals surface area contributed by atoms with E-state index < -0.39 is 0 Å². The van der Waals surface area contributed by atoms with Gasteiger partial charge in [0.2, 0.25) is 5.91 Å². The van der Waals surface area contributed by atoms with Crippen molar-refractivity contribution in [3.8, 4) is 5.69 Å². The number of rotatable bonds is 7. The van der Waals surface area contributed by atoms with Crippen LogP contribution in [0.25, 0.3) is 5.69 Å². The SMILES string of the molecule is CN(Cc1cnn(-c2ccccc2)c1)C(=O)CCC(=O)c1ccc(Cl)cc1. The van der Waals surface area contributed by atoms with Crippen LogP contribution in [-0.2, 0) is 11.3 Å². The molecule has 0 radical (unpaired) electrons. The van der Waals surface area contributed by atoms with Gasteiger partial charge in [0.25, 0.3) is 0 Å². The maximum Gasteiger partial charge on any atom is 0.223 e. The fraction of sp³-hybridized carbons (Fsp3) is 0.190. The summed E-state index contributed by atoms with van der Waals surface area (Å²) in [5.41, 5.74) is 2.46.